The maximum Gasteiger partial charge on any atom is 0.326 e. The van der Waals surface area contributed by atoms with Crippen LogP contribution in [-0.4, -0.2) is 40.1 Å². The Balaban J connectivity index is 4.86. The summed E-state index contributed by atoms with van der Waals surface area (Å²) in [5.41, 5.74) is -0.391. The number of nitriles is 1. The summed E-state index contributed by atoms with van der Waals surface area (Å²) in [6.07, 6.45) is 1.18. The smallest absolute Gasteiger partial charge is 0.326 e. The fourth-order valence-electron chi connectivity index (χ4n) is 1.36. The standard InChI is InChI=1S/C13H19N3O5/c1-7(2)4-10(13(20)21)16-11(17)9(5-14)6-15-8(3)12(18)19/h6-8,10,15H,4H2,1-3H3,(H,16,17)(H,18,19)(H,20,21)/b9-6-. The third kappa shape index (κ3) is 6.96. The van der Waals surface area contributed by atoms with Gasteiger partial charge in [0.2, 0.25) is 0 Å². The minimum absolute atomic E-state index is 0.0473. The Morgan fingerprint density at radius 3 is 2.14 bits per heavy atom. The lowest BCUT2D eigenvalue weighted by Crippen LogP contribution is -2.42. The van der Waals surface area contributed by atoms with Crippen molar-refractivity contribution in [3.8, 4) is 6.07 Å². The van der Waals surface area contributed by atoms with Gasteiger partial charge in [0.25, 0.3) is 5.91 Å². The van der Waals surface area contributed by atoms with Gasteiger partial charge >= 0.3 is 11.9 Å². The van der Waals surface area contributed by atoms with Gasteiger partial charge in [-0.2, -0.15) is 5.26 Å². The Morgan fingerprint density at radius 1 is 1.19 bits per heavy atom. The van der Waals surface area contributed by atoms with E-state index in [1.165, 1.54) is 6.92 Å². The molecule has 1 amide bonds. The molecule has 0 rings (SSSR count). The summed E-state index contributed by atoms with van der Waals surface area (Å²) in [7, 11) is 0. The van der Waals surface area contributed by atoms with Crippen molar-refractivity contribution in [3.05, 3.63) is 11.8 Å². The molecule has 0 radical (unpaired) electrons. The number of amides is 1. The third-order valence-electron chi connectivity index (χ3n) is 2.52. The van der Waals surface area contributed by atoms with Crippen LogP contribution in [0.5, 0.6) is 0 Å². The maximum absolute atomic E-state index is 11.8. The van der Waals surface area contributed by atoms with E-state index in [4.69, 9.17) is 15.5 Å². The Bertz CT molecular complexity index is 479. The number of carbonyl (C=O) groups excluding carboxylic acids is 1. The minimum atomic E-state index is -1.19. The quantitative estimate of drug-likeness (QED) is 0.367. The molecule has 0 aliphatic heterocycles. The number of hydrogen-bond donors (Lipinski definition) is 4. The molecule has 2 unspecified atom stereocenters. The Kier molecular flexibility index (Phi) is 7.53. The molecule has 21 heavy (non-hydrogen) atoms. The van der Waals surface area contributed by atoms with Crippen molar-refractivity contribution in [2.24, 2.45) is 5.92 Å². The van der Waals surface area contributed by atoms with Gasteiger partial charge in [-0.25, -0.2) is 4.79 Å². The van der Waals surface area contributed by atoms with E-state index in [1.807, 2.05) is 0 Å². The van der Waals surface area contributed by atoms with Crippen molar-refractivity contribution in [3.63, 3.8) is 0 Å². The molecule has 4 N–H and O–H groups in total. The van der Waals surface area contributed by atoms with Crippen LogP contribution in [0.2, 0.25) is 0 Å². The van der Waals surface area contributed by atoms with Gasteiger partial charge in [-0.05, 0) is 19.3 Å². The van der Waals surface area contributed by atoms with E-state index in [0.717, 1.165) is 6.20 Å². The monoisotopic (exact) mass is 297 g/mol. The number of rotatable bonds is 8. The summed E-state index contributed by atoms with van der Waals surface area (Å²) in [6, 6.07) is -0.491. The summed E-state index contributed by atoms with van der Waals surface area (Å²) in [5.74, 6) is -3.16. The van der Waals surface area contributed by atoms with Gasteiger partial charge in [0, 0.05) is 6.20 Å². The molecule has 8 nitrogen and oxygen atoms in total. The Hall–Kier alpha value is -2.56. The fraction of sp³-hybridized carbons (Fsp3) is 0.538. The summed E-state index contributed by atoms with van der Waals surface area (Å²) in [4.78, 5) is 33.4. The molecule has 0 aliphatic rings. The molecule has 0 spiro atoms. The molecule has 0 aromatic rings. The van der Waals surface area contributed by atoms with E-state index in [9.17, 15) is 14.4 Å². The number of carbonyl (C=O) groups is 3. The number of carboxylic acid groups (broad SMARTS) is 2. The molecule has 0 fully saturated rings. The normalized spacial score (nSPS) is 14.0. The van der Waals surface area contributed by atoms with Gasteiger partial charge in [-0.15, -0.1) is 0 Å². The minimum Gasteiger partial charge on any atom is -0.480 e. The van der Waals surface area contributed by atoms with Crippen molar-refractivity contribution in [1.29, 1.82) is 5.26 Å². The van der Waals surface area contributed by atoms with Crippen LogP contribution < -0.4 is 10.6 Å². The lowest BCUT2D eigenvalue weighted by molar-refractivity contribution is -0.141. The van der Waals surface area contributed by atoms with E-state index >= 15 is 0 Å². The molecule has 0 bridgehead atoms. The Morgan fingerprint density at radius 2 is 1.76 bits per heavy atom. The average Bonchev–Trinajstić information content (AvgIpc) is 2.37. The highest BCUT2D eigenvalue weighted by Crippen LogP contribution is 2.06. The lowest BCUT2D eigenvalue weighted by atomic mass is 10.0. The highest BCUT2D eigenvalue weighted by Gasteiger charge is 2.23. The van der Waals surface area contributed by atoms with Crippen LogP contribution in [-0.2, 0) is 14.4 Å². The third-order valence-corrected chi connectivity index (χ3v) is 2.52. The predicted octanol–water partition coefficient (Wildman–Crippen LogP) is 0.0721. The molecule has 116 valence electrons. The first-order chi connectivity index (χ1) is 9.68. The zero-order valence-electron chi connectivity index (χ0n) is 12.1. The number of nitrogens with one attached hydrogen (secondary N) is 2. The second-order valence-electron chi connectivity index (χ2n) is 4.89. The van der Waals surface area contributed by atoms with Crippen LogP contribution in [0.4, 0.5) is 0 Å². The largest absolute Gasteiger partial charge is 0.480 e. The number of hydrogen-bond acceptors (Lipinski definition) is 5. The number of nitrogens with zero attached hydrogens (tertiary/aromatic N) is 1. The van der Waals surface area contributed by atoms with Crippen LogP contribution >= 0.6 is 0 Å². The van der Waals surface area contributed by atoms with Gasteiger partial charge in [0.15, 0.2) is 0 Å². The van der Waals surface area contributed by atoms with E-state index in [2.05, 4.69) is 10.6 Å². The first kappa shape index (κ1) is 18.4. The van der Waals surface area contributed by atoms with E-state index in [1.54, 1.807) is 19.9 Å². The van der Waals surface area contributed by atoms with Crippen LogP contribution in [0.3, 0.4) is 0 Å². The molecule has 2 atom stereocenters. The average molecular weight is 297 g/mol. The zero-order chi connectivity index (χ0) is 16.6. The van der Waals surface area contributed by atoms with Crippen molar-refractivity contribution >= 4 is 17.8 Å². The van der Waals surface area contributed by atoms with Gasteiger partial charge in [0.1, 0.15) is 23.7 Å². The van der Waals surface area contributed by atoms with Gasteiger partial charge in [-0.3, -0.25) is 9.59 Å². The van der Waals surface area contributed by atoms with Gasteiger partial charge in [-0.1, -0.05) is 13.8 Å². The molecule has 0 aromatic heterocycles. The highest BCUT2D eigenvalue weighted by molar-refractivity contribution is 5.99. The molecule has 0 saturated carbocycles. The second kappa shape index (κ2) is 8.58. The van der Waals surface area contributed by atoms with Crippen molar-refractivity contribution in [2.45, 2.75) is 39.3 Å². The molecule has 0 saturated heterocycles. The molecule has 0 aliphatic carbocycles. The van der Waals surface area contributed by atoms with Crippen molar-refractivity contribution in [2.75, 3.05) is 0 Å². The summed E-state index contributed by atoms with van der Waals surface area (Å²) < 4.78 is 0. The van der Waals surface area contributed by atoms with E-state index < -0.39 is 35.5 Å². The molecular weight excluding hydrogens is 278 g/mol. The number of carboxylic acids is 2. The molecular formula is C13H19N3O5. The van der Waals surface area contributed by atoms with Gasteiger partial charge < -0.3 is 20.8 Å². The fourth-order valence-corrected chi connectivity index (χ4v) is 1.36. The predicted molar refractivity (Wildman–Crippen MR) is 73.0 cm³/mol. The summed E-state index contributed by atoms with van der Waals surface area (Å²) >= 11 is 0. The zero-order valence-corrected chi connectivity index (χ0v) is 12.1. The molecule has 0 aromatic carbocycles. The maximum atomic E-state index is 11.8. The lowest BCUT2D eigenvalue weighted by Gasteiger charge is -2.16. The first-order valence-electron chi connectivity index (χ1n) is 6.31. The topological polar surface area (TPSA) is 140 Å². The second-order valence-corrected chi connectivity index (χ2v) is 4.89. The van der Waals surface area contributed by atoms with Crippen LogP contribution in [0.1, 0.15) is 27.2 Å². The van der Waals surface area contributed by atoms with E-state index in [-0.39, 0.29) is 12.3 Å². The summed E-state index contributed by atoms with van der Waals surface area (Å²) in [6.45, 7) is 4.95. The SMILES string of the molecule is CC(C)CC(NC(=O)/C(C#N)=C\NC(C)C(=O)O)C(=O)O. The highest BCUT2D eigenvalue weighted by atomic mass is 16.4. The van der Waals surface area contributed by atoms with Crippen LogP contribution in [0, 0.1) is 17.2 Å². The summed E-state index contributed by atoms with van der Waals surface area (Å²) in [5, 5.41) is 31.1. The van der Waals surface area contributed by atoms with Crippen molar-refractivity contribution < 1.29 is 24.6 Å². The van der Waals surface area contributed by atoms with Crippen molar-refractivity contribution in [1.82, 2.24) is 10.6 Å². The number of aliphatic carboxylic acids is 2. The first-order valence-corrected chi connectivity index (χ1v) is 6.31. The Labute approximate surface area is 122 Å². The molecule has 0 heterocycles. The van der Waals surface area contributed by atoms with Crippen LogP contribution in [0.15, 0.2) is 11.8 Å². The van der Waals surface area contributed by atoms with Gasteiger partial charge in [0.05, 0.1) is 0 Å². The molecule has 8 heteroatoms. The van der Waals surface area contributed by atoms with E-state index in [0.29, 0.717) is 0 Å². The van der Waals surface area contributed by atoms with Crippen LogP contribution in [0.25, 0.3) is 0 Å².